The van der Waals surface area contributed by atoms with E-state index < -0.39 is 0 Å². The predicted octanol–water partition coefficient (Wildman–Crippen LogP) is 1.72. The summed E-state index contributed by atoms with van der Waals surface area (Å²) in [6.45, 7) is 2.44. The van der Waals surface area contributed by atoms with E-state index >= 15 is 0 Å². The van der Waals surface area contributed by atoms with E-state index in [0.717, 1.165) is 0 Å². The van der Waals surface area contributed by atoms with Gasteiger partial charge in [-0.25, -0.2) is 5.43 Å². The molecule has 112 valence electrons. The average molecular weight is 277 g/mol. The largest absolute Gasteiger partial charge is 0.296 e. The number of hydrazine groups is 1. The predicted molar refractivity (Wildman–Crippen MR) is 79.9 cm³/mol. The second kappa shape index (κ2) is 5.84. The standard InChI is InChI=1S/C15H27N5/c1-19-13(7-10-17-19)14(18-16)15(8-3-4-9-15)20-11-5-2-6-12-20/h7,10,14,18H,2-6,8-9,11-12,16H2,1H3. The maximum Gasteiger partial charge on any atom is 0.0812 e. The molecule has 3 rings (SSSR count). The molecule has 0 aromatic carbocycles. The molecular formula is C15H27N5. The Hall–Kier alpha value is -0.910. The van der Waals surface area contributed by atoms with Crippen LogP contribution in [0.3, 0.4) is 0 Å². The fourth-order valence-corrected chi connectivity index (χ4v) is 4.30. The van der Waals surface area contributed by atoms with Crippen molar-refractivity contribution in [3.05, 3.63) is 18.0 Å². The van der Waals surface area contributed by atoms with Crippen LogP contribution in [0, 0.1) is 0 Å². The van der Waals surface area contributed by atoms with Crippen LogP contribution in [0.2, 0.25) is 0 Å². The Labute approximate surface area is 121 Å². The molecule has 1 saturated heterocycles. The van der Waals surface area contributed by atoms with Crippen LogP contribution < -0.4 is 11.3 Å². The molecule has 20 heavy (non-hydrogen) atoms. The van der Waals surface area contributed by atoms with E-state index in [1.807, 2.05) is 17.9 Å². The van der Waals surface area contributed by atoms with Crippen LogP contribution in [0.15, 0.2) is 12.3 Å². The first kappa shape index (κ1) is 14.0. The van der Waals surface area contributed by atoms with Crippen molar-refractivity contribution in [3.63, 3.8) is 0 Å². The summed E-state index contributed by atoms with van der Waals surface area (Å²) in [6.07, 6.45) is 11.0. The van der Waals surface area contributed by atoms with Crippen LogP contribution in [0.25, 0.3) is 0 Å². The Balaban J connectivity index is 1.93. The van der Waals surface area contributed by atoms with Crippen molar-refractivity contribution in [2.24, 2.45) is 12.9 Å². The number of likely N-dealkylation sites (tertiary alicyclic amines) is 1. The summed E-state index contributed by atoms with van der Waals surface area (Å²) >= 11 is 0. The highest BCUT2D eigenvalue weighted by Crippen LogP contribution is 2.45. The second-order valence-electron chi connectivity index (χ2n) is 6.34. The summed E-state index contributed by atoms with van der Waals surface area (Å²) in [5.41, 5.74) is 4.51. The van der Waals surface area contributed by atoms with Gasteiger partial charge in [0.25, 0.3) is 0 Å². The minimum atomic E-state index is 0.176. The van der Waals surface area contributed by atoms with Crippen LogP contribution in [-0.2, 0) is 7.05 Å². The summed E-state index contributed by atoms with van der Waals surface area (Å²) in [7, 11) is 2.01. The smallest absolute Gasteiger partial charge is 0.0812 e. The van der Waals surface area contributed by atoms with Gasteiger partial charge < -0.3 is 0 Å². The van der Waals surface area contributed by atoms with Gasteiger partial charge in [0.15, 0.2) is 0 Å². The number of hydrogen-bond acceptors (Lipinski definition) is 4. The minimum absolute atomic E-state index is 0.176. The van der Waals surface area contributed by atoms with E-state index in [9.17, 15) is 0 Å². The van der Waals surface area contributed by atoms with Crippen molar-refractivity contribution in [1.82, 2.24) is 20.1 Å². The SMILES string of the molecule is Cn1nccc1C(NN)C1(N2CCCCC2)CCCC1. The van der Waals surface area contributed by atoms with Crippen molar-refractivity contribution in [1.29, 1.82) is 0 Å². The molecule has 1 aliphatic carbocycles. The zero-order valence-electron chi connectivity index (χ0n) is 12.5. The Kier molecular flexibility index (Phi) is 4.10. The molecule has 0 radical (unpaired) electrons. The van der Waals surface area contributed by atoms with E-state index in [4.69, 9.17) is 5.84 Å². The quantitative estimate of drug-likeness (QED) is 0.650. The van der Waals surface area contributed by atoms with E-state index in [1.165, 1.54) is 63.7 Å². The summed E-state index contributed by atoms with van der Waals surface area (Å²) in [5, 5.41) is 4.34. The van der Waals surface area contributed by atoms with Crippen LogP contribution in [0.1, 0.15) is 56.7 Å². The Morgan fingerprint density at radius 2 is 1.90 bits per heavy atom. The molecule has 0 amide bonds. The highest BCUT2D eigenvalue weighted by atomic mass is 15.3. The van der Waals surface area contributed by atoms with Gasteiger partial charge in [0.05, 0.1) is 11.7 Å². The molecule has 5 heteroatoms. The van der Waals surface area contributed by atoms with Crippen molar-refractivity contribution < 1.29 is 0 Å². The first-order chi connectivity index (χ1) is 9.78. The lowest BCUT2D eigenvalue weighted by molar-refractivity contribution is 0.0336. The zero-order chi connectivity index (χ0) is 14.0. The molecule has 5 nitrogen and oxygen atoms in total. The monoisotopic (exact) mass is 277 g/mol. The van der Waals surface area contributed by atoms with Crippen molar-refractivity contribution in [2.75, 3.05) is 13.1 Å². The third-order valence-electron chi connectivity index (χ3n) is 5.31. The van der Waals surface area contributed by atoms with Crippen LogP contribution in [0.4, 0.5) is 0 Å². The highest BCUT2D eigenvalue weighted by molar-refractivity contribution is 5.17. The number of aromatic nitrogens is 2. The maximum atomic E-state index is 5.99. The normalized spacial score (nSPS) is 24.9. The van der Waals surface area contributed by atoms with Gasteiger partial charge in [-0.05, 0) is 44.8 Å². The third-order valence-corrected chi connectivity index (χ3v) is 5.31. The first-order valence-electron chi connectivity index (χ1n) is 7.97. The van der Waals surface area contributed by atoms with Gasteiger partial charge in [-0.15, -0.1) is 0 Å². The number of hydrogen-bond donors (Lipinski definition) is 2. The molecular weight excluding hydrogens is 250 g/mol. The van der Waals surface area contributed by atoms with Crippen molar-refractivity contribution in [3.8, 4) is 0 Å². The maximum absolute atomic E-state index is 5.99. The van der Waals surface area contributed by atoms with Gasteiger partial charge >= 0.3 is 0 Å². The molecule has 3 N–H and O–H groups in total. The van der Waals surface area contributed by atoms with Crippen molar-refractivity contribution in [2.45, 2.75) is 56.5 Å². The summed E-state index contributed by atoms with van der Waals surface area (Å²) in [4.78, 5) is 2.71. The molecule has 1 aliphatic heterocycles. The van der Waals surface area contributed by atoms with Gasteiger partial charge in [-0.1, -0.05) is 19.3 Å². The molecule has 1 atom stereocenters. The lowest BCUT2D eigenvalue weighted by Crippen LogP contribution is -2.58. The van der Waals surface area contributed by atoms with Crippen LogP contribution in [0.5, 0.6) is 0 Å². The Morgan fingerprint density at radius 3 is 2.45 bits per heavy atom. The molecule has 1 aromatic heterocycles. The average Bonchev–Trinajstić information content (AvgIpc) is 3.12. The summed E-state index contributed by atoms with van der Waals surface area (Å²) in [6, 6.07) is 2.28. The molecule has 0 bridgehead atoms. The van der Waals surface area contributed by atoms with E-state index in [2.05, 4.69) is 21.5 Å². The number of nitrogens with one attached hydrogen (secondary N) is 1. The summed E-state index contributed by atoms with van der Waals surface area (Å²) < 4.78 is 1.97. The van der Waals surface area contributed by atoms with Gasteiger partial charge in [0.2, 0.25) is 0 Å². The van der Waals surface area contributed by atoms with Crippen molar-refractivity contribution >= 4 is 0 Å². The molecule has 2 fully saturated rings. The fourth-order valence-electron chi connectivity index (χ4n) is 4.30. The van der Waals surface area contributed by atoms with Crippen LogP contribution >= 0.6 is 0 Å². The Bertz CT molecular complexity index is 429. The molecule has 2 heterocycles. The number of aryl methyl sites for hydroxylation is 1. The minimum Gasteiger partial charge on any atom is -0.296 e. The van der Waals surface area contributed by atoms with Gasteiger partial charge in [0, 0.05) is 18.8 Å². The number of rotatable bonds is 4. The topological polar surface area (TPSA) is 59.1 Å². The first-order valence-corrected chi connectivity index (χ1v) is 7.97. The van der Waals surface area contributed by atoms with Gasteiger partial charge in [-0.3, -0.25) is 15.4 Å². The van der Waals surface area contributed by atoms with Gasteiger partial charge in [-0.2, -0.15) is 5.10 Å². The molecule has 1 saturated carbocycles. The lowest BCUT2D eigenvalue weighted by Gasteiger charge is -2.48. The fraction of sp³-hybridized carbons (Fsp3) is 0.800. The van der Waals surface area contributed by atoms with Crippen LogP contribution in [-0.4, -0.2) is 33.3 Å². The van der Waals surface area contributed by atoms with E-state index in [1.54, 1.807) is 0 Å². The van der Waals surface area contributed by atoms with E-state index in [-0.39, 0.29) is 11.6 Å². The Morgan fingerprint density at radius 1 is 1.20 bits per heavy atom. The second-order valence-corrected chi connectivity index (χ2v) is 6.34. The summed E-state index contributed by atoms with van der Waals surface area (Å²) in [5.74, 6) is 5.99. The highest BCUT2D eigenvalue weighted by Gasteiger charge is 2.47. The lowest BCUT2D eigenvalue weighted by atomic mass is 9.83. The molecule has 1 unspecified atom stereocenters. The molecule has 1 aromatic rings. The van der Waals surface area contributed by atoms with Gasteiger partial charge in [0.1, 0.15) is 0 Å². The molecule has 2 aliphatic rings. The zero-order valence-corrected chi connectivity index (χ0v) is 12.5. The number of nitrogens with two attached hydrogens (primary N) is 1. The molecule has 0 spiro atoms. The third kappa shape index (κ3) is 2.28. The number of nitrogens with zero attached hydrogens (tertiary/aromatic N) is 3. The number of piperidine rings is 1. The van der Waals surface area contributed by atoms with E-state index in [0.29, 0.717) is 0 Å².